The minimum absolute atomic E-state index is 0.101. The van der Waals surface area contributed by atoms with Gasteiger partial charge in [0, 0.05) is 18.5 Å². The minimum atomic E-state index is -0.101. The molecule has 0 fully saturated rings. The van der Waals surface area contributed by atoms with Gasteiger partial charge in [0.15, 0.2) is 0 Å². The molecule has 0 spiro atoms. The summed E-state index contributed by atoms with van der Waals surface area (Å²) in [6, 6.07) is 9.69. The number of carbonyl (C=O) groups is 1. The molecule has 0 N–H and O–H groups in total. The van der Waals surface area contributed by atoms with E-state index in [9.17, 15) is 4.79 Å². The predicted octanol–water partition coefficient (Wildman–Crippen LogP) is 2.24. The van der Waals surface area contributed by atoms with E-state index in [1.54, 1.807) is 18.5 Å². The Balaban J connectivity index is 2.10. The quantitative estimate of drug-likeness (QED) is 0.693. The predicted molar refractivity (Wildman–Crippen MR) is 58.3 cm³/mol. The Hall–Kier alpha value is -2.16. The van der Waals surface area contributed by atoms with Crippen LogP contribution in [-0.4, -0.2) is 15.5 Å². The van der Waals surface area contributed by atoms with Crippen molar-refractivity contribution in [2.75, 3.05) is 0 Å². The van der Waals surface area contributed by atoms with E-state index in [1.807, 2.05) is 30.3 Å². The summed E-state index contributed by atoms with van der Waals surface area (Å²) in [5.74, 6) is -0.101. The van der Waals surface area contributed by atoms with E-state index in [1.165, 1.54) is 17.0 Å². The van der Waals surface area contributed by atoms with Crippen LogP contribution in [-0.2, 0) is 0 Å². The van der Waals surface area contributed by atoms with Crippen LogP contribution in [0.5, 0.6) is 0 Å². The fourth-order valence-electron chi connectivity index (χ4n) is 1.21. The van der Waals surface area contributed by atoms with E-state index >= 15 is 0 Å². The van der Waals surface area contributed by atoms with Crippen LogP contribution in [0.2, 0.25) is 0 Å². The third kappa shape index (κ3) is 2.40. The maximum absolute atomic E-state index is 11.5. The van der Waals surface area contributed by atoms with Crippen LogP contribution in [0.25, 0.3) is 6.08 Å². The topological polar surface area (TPSA) is 34.9 Å². The second kappa shape index (κ2) is 4.37. The highest BCUT2D eigenvalue weighted by atomic mass is 16.1. The van der Waals surface area contributed by atoms with Crippen LogP contribution in [0.3, 0.4) is 0 Å². The van der Waals surface area contributed by atoms with Gasteiger partial charge in [-0.2, -0.15) is 0 Å². The number of imidazole rings is 1. The Kier molecular flexibility index (Phi) is 2.74. The van der Waals surface area contributed by atoms with Gasteiger partial charge in [-0.05, 0) is 11.6 Å². The van der Waals surface area contributed by atoms with Crippen molar-refractivity contribution >= 4 is 12.0 Å². The van der Waals surface area contributed by atoms with Gasteiger partial charge in [-0.15, -0.1) is 0 Å². The molecular weight excluding hydrogens is 188 g/mol. The summed E-state index contributed by atoms with van der Waals surface area (Å²) in [5, 5.41) is 0. The summed E-state index contributed by atoms with van der Waals surface area (Å²) in [4.78, 5) is 15.3. The third-order valence-corrected chi connectivity index (χ3v) is 1.98. The van der Waals surface area contributed by atoms with Crippen molar-refractivity contribution in [1.29, 1.82) is 0 Å². The molecule has 0 bridgehead atoms. The molecule has 74 valence electrons. The van der Waals surface area contributed by atoms with E-state index in [-0.39, 0.29) is 5.91 Å². The fraction of sp³-hybridized carbons (Fsp3) is 0. The lowest BCUT2D eigenvalue weighted by atomic mass is 10.2. The minimum Gasteiger partial charge on any atom is -0.273 e. The average molecular weight is 198 g/mol. The molecule has 0 unspecified atom stereocenters. The van der Waals surface area contributed by atoms with Gasteiger partial charge in [0.05, 0.1) is 0 Å². The Bertz CT molecular complexity index is 458. The molecule has 0 atom stereocenters. The summed E-state index contributed by atoms with van der Waals surface area (Å²) < 4.78 is 1.43. The van der Waals surface area contributed by atoms with Crippen LogP contribution in [0.15, 0.2) is 55.1 Å². The molecule has 0 amide bonds. The Morgan fingerprint density at radius 2 is 2.07 bits per heavy atom. The first-order valence-electron chi connectivity index (χ1n) is 4.62. The van der Waals surface area contributed by atoms with Crippen molar-refractivity contribution in [3.05, 3.63) is 60.7 Å². The Morgan fingerprint density at radius 3 is 2.73 bits per heavy atom. The van der Waals surface area contributed by atoms with Gasteiger partial charge in [0.25, 0.3) is 5.91 Å². The summed E-state index contributed by atoms with van der Waals surface area (Å²) in [6.07, 6.45) is 7.99. The molecule has 1 heterocycles. The summed E-state index contributed by atoms with van der Waals surface area (Å²) >= 11 is 0. The SMILES string of the molecule is O=C(/C=C/c1ccccc1)n1ccnc1. The lowest BCUT2D eigenvalue weighted by molar-refractivity contribution is 0.0969. The summed E-state index contributed by atoms with van der Waals surface area (Å²) in [7, 11) is 0. The first-order chi connectivity index (χ1) is 7.36. The number of carbonyl (C=O) groups excluding carboxylic acids is 1. The molecule has 0 radical (unpaired) electrons. The van der Waals surface area contributed by atoms with Crippen LogP contribution in [0.4, 0.5) is 0 Å². The number of rotatable bonds is 2. The molecule has 3 heteroatoms. The van der Waals surface area contributed by atoms with Gasteiger partial charge in [0.2, 0.25) is 0 Å². The summed E-state index contributed by atoms with van der Waals surface area (Å²) in [6.45, 7) is 0. The molecule has 3 nitrogen and oxygen atoms in total. The van der Waals surface area contributed by atoms with Gasteiger partial charge in [-0.1, -0.05) is 30.3 Å². The van der Waals surface area contributed by atoms with E-state index in [2.05, 4.69) is 4.98 Å². The van der Waals surface area contributed by atoms with Crippen molar-refractivity contribution in [1.82, 2.24) is 9.55 Å². The van der Waals surface area contributed by atoms with Crippen molar-refractivity contribution in [3.63, 3.8) is 0 Å². The number of aromatic nitrogens is 2. The largest absolute Gasteiger partial charge is 0.273 e. The van der Waals surface area contributed by atoms with Crippen molar-refractivity contribution in [3.8, 4) is 0 Å². The van der Waals surface area contributed by atoms with Crippen LogP contribution in [0, 0.1) is 0 Å². The molecular formula is C12H10N2O. The first kappa shape index (κ1) is 9.40. The molecule has 2 aromatic rings. The highest BCUT2D eigenvalue weighted by molar-refractivity contribution is 5.93. The molecule has 0 saturated heterocycles. The summed E-state index contributed by atoms with van der Waals surface area (Å²) in [5.41, 5.74) is 1.01. The molecule has 0 aliphatic heterocycles. The zero-order valence-electron chi connectivity index (χ0n) is 8.08. The Morgan fingerprint density at radius 1 is 1.27 bits per heavy atom. The molecule has 0 saturated carbocycles. The molecule has 1 aromatic carbocycles. The van der Waals surface area contributed by atoms with E-state index in [0.29, 0.717) is 0 Å². The maximum atomic E-state index is 11.5. The van der Waals surface area contributed by atoms with E-state index < -0.39 is 0 Å². The Labute approximate surface area is 87.7 Å². The highest BCUT2D eigenvalue weighted by Crippen LogP contribution is 2.01. The van der Waals surface area contributed by atoms with Crippen LogP contribution >= 0.6 is 0 Å². The lowest BCUT2D eigenvalue weighted by Gasteiger charge is -1.93. The average Bonchev–Trinajstić information content (AvgIpc) is 2.81. The number of hydrogen-bond acceptors (Lipinski definition) is 2. The van der Waals surface area contributed by atoms with Crippen molar-refractivity contribution in [2.45, 2.75) is 0 Å². The monoisotopic (exact) mass is 198 g/mol. The zero-order valence-corrected chi connectivity index (χ0v) is 8.08. The number of hydrogen-bond donors (Lipinski definition) is 0. The molecule has 0 aliphatic carbocycles. The zero-order chi connectivity index (χ0) is 10.5. The van der Waals surface area contributed by atoms with Gasteiger partial charge < -0.3 is 0 Å². The van der Waals surface area contributed by atoms with Gasteiger partial charge in [-0.3, -0.25) is 9.36 Å². The van der Waals surface area contributed by atoms with Gasteiger partial charge in [-0.25, -0.2) is 4.98 Å². The number of nitrogens with zero attached hydrogens (tertiary/aromatic N) is 2. The molecule has 0 aliphatic rings. The second-order valence-electron chi connectivity index (χ2n) is 3.05. The standard InChI is InChI=1S/C12H10N2O/c15-12(14-9-8-13-10-14)7-6-11-4-2-1-3-5-11/h1-10H/b7-6+. The molecule has 15 heavy (non-hydrogen) atoms. The fourth-order valence-corrected chi connectivity index (χ4v) is 1.21. The van der Waals surface area contributed by atoms with Gasteiger partial charge in [0.1, 0.15) is 6.33 Å². The van der Waals surface area contributed by atoms with Crippen molar-refractivity contribution < 1.29 is 4.79 Å². The highest BCUT2D eigenvalue weighted by Gasteiger charge is 1.96. The number of benzene rings is 1. The first-order valence-corrected chi connectivity index (χ1v) is 4.62. The molecule has 2 rings (SSSR count). The smallest absolute Gasteiger partial charge is 0.255 e. The normalized spacial score (nSPS) is 10.7. The lowest BCUT2D eigenvalue weighted by Crippen LogP contribution is -2.03. The maximum Gasteiger partial charge on any atom is 0.255 e. The molecule has 1 aromatic heterocycles. The van der Waals surface area contributed by atoms with Crippen LogP contribution < -0.4 is 0 Å². The van der Waals surface area contributed by atoms with Gasteiger partial charge >= 0.3 is 0 Å². The second-order valence-corrected chi connectivity index (χ2v) is 3.05. The number of allylic oxidation sites excluding steroid dienone is 1. The van der Waals surface area contributed by atoms with Crippen LogP contribution in [0.1, 0.15) is 10.4 Å². The third-order valence-electron chi connectivity index (χ3n) is 1.98. The van der Waals surface area contributed by atoms with Crippen molar-refractivity contribution in [2.24, 2.45) is 0 Å². The van der Waals surface area contributed by atoms with E-state index in [0.717, 1.165) is 5.56 Å². The van der Waals surface area contributed by atoms with E-state index in [4.69, 9.17) is 0 Å².